The zero-order valence-corrected chi connectivity index (χ0v) is 28.6. The number of carbonyl (C=O) groups is 1. The van der Waals surface area contributed by atoms with Crippen molar-refractivity contribution >= 4 is 34.1 Å². The van der Waals surface area contributed by atoms with E-state index in [1.54, 1.807) is 18.2 Å². The summed E-state index contributed by atoms with van der Waals surface area (Å²) in [4.78, 5) is 19.6. The monoisotopic (exact) mass is 692 g/mol. The Kier molecular flexibility index (Phi) is 8.84. The van der Waals surface area contributed by atoms with Crippen molar-refractivity contribution in [2.45, 2.75) is 44.9 Å². The molecule has 0 N–H and O–H groups in total. The smallest absolute Gasteiger partial charge is 0.276 e. The molecule has 12 heteroatoms. The first-order valence-corrected chi connectivity index (χ1v) is 17.5. The highest BCUT2D eigenvalue weighted by atomic mass is 35.5. The van der Waals surface area contributed by atoms with Crippen LogP contribution >= 0.6 is 11.6 Å². The second-order valence-electron chi connectivity index (χ2n) is 13.3. The van der Waals surface area contributed by atoms with Gasteiger partial charge in [0.25, 0.3) is 5.91 Å². The molecule has 256 valence electrons. The largest absolute Gasteiger partial charge is 0.368 e. The van der Waals surface area contributed by atoms with E-state index in [0.29, 0.717) is 44.2 Å². The van der Waals surface area contributed by atoms with Crippen LogP contribution in [-0.2, 0) is 13.1 Å². The summed E-state index contributed by atoms with van der Waals surface area (Å²) in [6.45, 7) is 6.62. The van der Waals surface area contributed by atoms with Crippen molar-refractivity contribution in [3.8, 4) is 11.3 Å². The summed E-state index contributed by atoms with van der Waals surface area (Å²) < 4.78 is 24.0. The van der Waals surface area contributed by atoms with Crippen LogP contribution in [0.3, 0.4) is 0 Å². The minimum atomic E-state index is -0.447. The summed E-state index contributed by atoms with van der Waals surface area (Å²) in [6.07, 6.45) is 3.96. The van der Waals surface area contributed by atoms with Crippen molar-refractivity contribution in [1.29, 1.82) is 0 Å². The van der Waals surface area contributed by atoms with E-state index >= 15 is 0 Å². The summed E-state index contributed by atoms with van der Waals surface area (Å²) >= 11 is 5.86. The van der Waals surface area contributed by atoms with Crippen LogP contribution in [0.2, 0.25) is 5.02 Å². The molecule has 0 aliphatic carbocycles. The lowest BCUT2D eigenvalue weighted by Gasteiger charge is -2.40. The molecule has 2 saturated heterocycles. The van der Waals surface area contributed by atoms with Crippen LogP contribution in [0.5, 0.6) is 0 Å². The number of anilines is 1. The molecular weight excluding hydrogens is 655 g/mol. The number of carbonyl (C=O) groups excluding carboxylic acids is 1. The quantitative estimate of drug-likeness (QED) is 0.171. The molecule has 1 unspecified atom stereocenters. The molecule has 50 heavy (non-hydrogen) atoms. The first kappa shape index (κ1) is 32.2. The summed E-state index contributed by atoms with van der Waals surface area (Å²) in [7, 11) is 0. The highest BCUT2D eigenvalue weighted by Gasteiger charge is 2.31. The fourth-order valence-electron chi connectivity index (χ4n) is 7.33. The molecule has 0 saturated carbocycles. The van der Waals surface area contributed by atoms with Crippen molar-refractivity contribution in [3.63, 3.8) is 0 Å². The second kappa shape index (κ2) is 13.7. The predicted octanol–water partition coefficient (Wildman–Crippen LogP) is 6.92. The zero-order chi connectivity index (χ0) is 34.2. The molecule has 2 fully saturated rings. The molecule has 0 spiro atoms. The van der Waals surface area contributed by atoms with Crippen LogP contribution < -0.4 is 4.90 Å². The summed E-state index contributed by atoms with van der Waals surface area (Å²) in [5, 5.41) is 14.6. The Bertz CT molecular complexity index is 2120. The third kappa shape index (κ3) is 6.50. The molecular formula is C38H38ClFN8O2. The van der Waals surface area contributed by atoms with E-state index in [2.05, 4.69) is 90.6 Å². The van der Waals surface area contributed by atoms with Crippen molar-refractivity contribution in [2.75, 3.05) is 37.6 Å². The SMILES string of the molecule is CC1CN(c2ccc(Cl)c(F)c2)CCN1C(=O)c1cc(CN2CCC(n3cc(Cn4c(-c5ccccc5)cc5ccccc54)nn3)CC2)on1. The van der Waals surface area contributed by atoms with Gasteiger partial charge in [-0.05, 0) is 55.7 Å². The third-order valence-electron chi connectivity index (χ3n) is 10.0. The lowest BCUT2D eigenvalue weighted by molar-refractivity contribution is 0.0663. The fourth-order valence-corrected chi connectivity index (χ4v) is 7.45. The molecule has 5 heterocycles. The first-order valence-electron chi connectivity index (χ1n) is 17.1. The van der Waals surface area contributed by atoms with E-state index in [1.807, 2.05) is 22.6 Å². The number of hydrogen-bond acceptors (Lipinski definition) is 7. The minimum Gasteiger partial charge on any atom is -0.368 e. The third-order valence-corrected chi connectivity index (χ3v) is 10.3. The van der Waals surface area contributed by atoms with E-state index in [1.165, 1.54) is 22.5 Å². The molecule has 1 amide bonds. The molecule has 2 aliphatic heterocycles. The molecule has 8 rings (SSSR count). The number of fused-ring (bicyclic) bond motifs is 1. The van der Waals surface area contributed by atoms with Crippen LogP contribution in [0.1, 0.15) is 47.7 Å². The zero-order valence-electron chi connectivity index (χ0n) is 27.8. The summed E-state index contributed by atoms with van der Waals surface area (Å²) in [6, 6.07) is 27.9. The van der Waals surface area contributed by atoms with E-state index < -0.39 is 5.82 Å². The molecule has 6 aromatic rings. The van der Waals surface area contributed by atoms with Crippen LogP contribution in [0.25, 0.3) is 22.2 Å². The molecule has 0 bridgehead atoms. The van der Waals surface area contributed by atoms with Gasteiger partial charge in [-0.3, -0.25) is 9.69 Å². The number of piperidine rings is 1. The lowest BCUT2D eigenvalue weighted by Crippen LogP contribution is -2.54. The normalized spacial score (nSPS) is 17.5. The topological polar surface area (TPSA) is 88.5 Å². The van der Waals surface area contributed by atoms with Crippen LogP contribution in [-0.4, -0.2) is 79.2 Å². The van der Waals surface area contributed by atoms with Gasteiger partial charge in [0.15, 0.2) is 11.5 Å². The first-order chi connectivity index (χ1) is 24.4. The number of halogens is 2. The number of aromatic nitrogens is 5. The highest BCUT2D eigenvalue weighted by Crippen LogP contribution is 2.30. The fraction of sp³-hybridized carbons (Fsp3) is 0.316. The number of likely N-dealkylation sites (tertiary alicyclic amines) is 1. The van der Waals surface area contributed by atoms with Gasteiger partial charge in [0.1, 0.15) is 11.5 Å². The lowest BCUT2D eigenvalue weighted by atomic mass is 10.1. The van der Waals surface area contributed by atoms with Gasteiger partial charge in [-0.1, -0.05) is 70.5 Å². The number of benzene rings is 3. The van der Waals surface area contributed by atoms with Gasteiger partial charge >= 0.3 is 0 Å². The van der Waals surface area contributed by atoms with Crippen molar-refractivity contribution < 1.29 is 13.7 Å². The average molecular weight is 693 g/mol. The van der Waals surface area contributed by atoms with Gasteiger partial charge in [0.05, 0.1) is 30.4 Å². The minimum absolute atomic E-state index is 0.0833. The van der Waals surface area contributed by atoms with Crippen molar-refractivity contribution in [3.05, 3.63) is 119 Å². The molecule has 3 aromatic carbocycles. The van der Waals surface area contributed by atoms with Crippen molar-refractivity contribution in [2.24, 2.45) is 0 Å². The molecule has 1 atom stereocenters. The van der Waals surface area contributed by atoms with Gasteiger partial charge in [-0.25, -0.2) is 9.07 Å². The summed E-state index contributed by atoms with van der Waals surface area (Å²) in [5.74, 6) is 0.0717. The average Bonchev–Trinajstić information content (AvgIpc) is 3.90. The number of nitrogens with zero attached hydrogens (tertiary/aromatic N) is 8. The van der Waals surface area contributed by atoms with Crippen LogP contribution in [0.15, 0.2) is 95.6 Å². The molecule has 10 nitrogen and oxygen atoms in total. The van der Waals surface area contributed by atoms with Gasteiger partial charge in [-0.15, -0.1) is 5.10 Å². The predicted molar refractivity (Wildman–Crippen MR) is 191 cm³/mol. The van der Waals surface area contributed by atoms with Gasteiger partial charge in [0.2, 0.25) is 0 Å². The number of hydrogen-bond donors (Lipinski definition) is 0. The van der Waals surface area contributed by atoms with Gasteiger partial charge in [-0.2, -0.15) is 0 Å². The highest BCUT2D eigenvalue weighted by molar-refractivity contribution is 6.30. The standard InChI is InChI=1S/C38H38ClFN8O2/c1-26-22-45(31-11-12-33(39)34(40)20-31)17-18-46(26)38(49)35-21-32(50-42-35)25-44-15-13-30(14-16-44)48-24-29(41-43-48)23-47-36-10-6-5-9-28(36)19-37(47)27-7-3-2-4-8-27/h2-12,19-21,24,26,30H,13-18,22-23,25H2,1H3. The number of amides is 1. The molecule has 0 radical (unpaired) electrons. The second-order valence-corrected chi connectivity index (χ2v) is 13.7. The number of para-hydroxylation sites is 1. The Hall–Kier alpha value is -5.00. The van der Waals surface area contributed by atoms with E-state index in [9.17, 15) is 9.18 Å². The molecule has 2 aliphatic rings. The molecule has 3 aromatic heterocycles. The Morgan fingerprint density at radius 2 is 1.74 bits per heavy atom. The summed E-state index contributed by atoms with van der Waals surface area (Å²) in [5.41, 5.74) is 5.51. The number of piperazine rings is 1. The Morgan fingerprint density at radius 3 is 2.54 bits per heavy atom. The van der Waals surface area contributed by atoms with Gasteiger partial charge < -0.3 is 18.9 Å². The maximum Gasteiger partial charge on any atom is 0.276 e. The Labute approximate surface area is 294 Å². The Morgan fingerprint density at radius 1 is 0.940 bits per heavy atom. The maximum absolute atomic E-state index is 14.0. The van der Waals surface area contributed by atoms with E-state index in [-0.39, 0.29) is 23.0 Å². The van der Waals surface area contributed by atoms with Crippen LogP contribution in [0.4, 0.5) is 10.1 Å². The van der Waals surface area contributed by atoms with E-state index in [4.69, 9.17) is 16.1 Å². The van der Waals surface area contributed by atoms with Crippen LogP contribution in [0, 0.1) is 5.82 Å². The van der Waals surface area contributed by atoms with Crippen molar-refractivity contribution in [1.82, 2.24) is 34.5 Å². The number of rotatable bonds is 8. The maximum atomic E-state index is 14.0. The Balaban J connectivity index is 0.859. The van der Waals surface area contributed by atoms with Gasteiger partial charge in [0, 0.05) is 67.1 Å². The van der Waals surface area contributed by atoms with E-state index in [0.717, 1.165) is 43.0 Å².